The number of anilines is 2. The normalized spacial score (nSPS) is 15.2. The number of para-hydroxylation sites is 2. The topological polar surface area (TPSA) is 101 Å². The SMILES string of the molecule is Cc1ccc(-c2nnc(NC(=O)[C@@H]3CN(S(=O)(=O)Cc4ccccc4)c4ccccc4O3)s2)cc1. The summed E-state index contributed by atoms with van der Waals surface area (Å²) in [5.41, 5.74) is 3.10. The molecular weight excluding hydrogens is 484 g/mol. The third kappa shape index (κ3) is 5.03. The first kappa shape index (κ1) is 23.0. The van der Waals surface area contributed by atoms with Crippen LogP contribution in [0.1, 0.15) is 11.1 Å². The van der Waals surface area contributed by atoms with Gasteiger partial charge in [-0.05, 0) is 24.6 Å². The molecule has 1 amide bonds. The number of carbonyl (C=O) groups excluding carboxylic acids is 1. The average Bonchev–Trinajstić information content (AvgIpc) is 3.32. The molecule has 10 heteroatoms. The first-order chi connectivity index (χ1) is 16.9. The third-order valence-corrected chi connectivity index (χ3v) is 8.11. The van der Waals surface area contributed by atoms with Crippen LogP contribution in [0.2, 0.25) is 0 Å². The summed E-state index contributed by atoms with van der Waals surface area (Å²) >= 11 is 1.24. The minimum absolute atomic E-state index is 0.151. The van der Waals surface area contributed by atoms with E-state index < -0.39 is 22.0 Å². The molecule has 0 spiro atoms. The number of nitrogens with one attached hydrogen (secondary N) is 1. The van der Waals surface area contributed by atoms with Gasteiger partial charge in [-0.1, -0.05) is 83.6 Å². The number of hydrogen-bond donors (Lipinski definition) is 1. The summed E-state index contributed by atoms with van der Waals surface area (Å²) in [6.07, 6.45) is -1.05. The van der Waals surface area contributed by atoms with Crippen LogP contribution < -0.4 is 14.4 Å². The molecule has 2 heterocycles. The molecule has 1 aliphatic rings. The van der Waals surface area contributed by atoms with E-state index in [4.69, 9.17) is 4.74 Å². The van der Waals surface area contributed by atoms with Gasteiger partial charge in [0, 0.05) is 5.56 Å². The summed E-state index contributed by atoms with van der Waals surface area (Å²) < 4.78 is 33.8. The Hall–Kier alpha value is -3.76. The van der Waals surface area contributed by atoms with Gasteiger partial charge in [-0.3, -0.25) is 14.4 Å². The smallest absolute Gasteiger partial charge is 0.269 e. The maximum Gasteiger partial charge on any atom is 0.269 e. The van der Waals surface area contributed by atoms with Crippen molar-refractivity contribution in [3.05, 3.63) is 90.0 Å². The van der Waals surface area contributed by atoms with Crippen LogP contribution in [0.25, 0.3) is 10.6 Å². The number of ether oxygens (including phenoxy) is 1. The van der Waals surface area contributed by atoms with Crippen molar-refractivity contribution in [2.24, 2.45) is 0 Å². The lowest BCUT2D eigenvalue weighted by atomic mass is 10.2. The molecule has 0 radical (unpaired) electrons. The second-order valence-corrected chi connectivity index (χ2v) is 11.0. The Kier molecular flexibility index (Phi) is 6.23. The lowest BCUT2D eigenvalue weighted by Crippen LogP contribution is -2.49. The predicted octanol–water partition coefficient (Wildman–Crippen LogP) is 4.25. The van der Waals surface area contributed by atoms with Gasteiger partial charge in [0.15, 0.2) is 6.10 Å². The van der Waals surface area contributed by atoms with Crippen LogP contribution in [-0.2, 0) is 20.6 Å². The lowest BCUT2D eigenvalue weighted by molar-refractivity contribution is -0.122. The van der Waals surface area contributed by atoms with Crippen LogP contribution in [0.4, 0.5) is 10.8 Å². The Morgan fingerprint density at radius 2 is 1.74 bits per heavy atom. The maximum atomic E-state index is 13.3. The van der Waals surface area contributed by atoms with Crippen molar-refractivity contribution in [1.82, 2.24) is 10.2 Å². The fraction of sp³-hybridized carbons (Fsp3) is 0.160. The van der Waals surface area contributed by atoms with E-state index in [9.17, 15) is 13.2 Å². The van der Waals surface area contributed by atoms with E-state index in [2.05, 4.69) is 15.5 Å². The van der Waals surface area contributed by atoms with E-state index in [-0.39, 0.29) is 12.3 Å². The van der Waals surface area contributed by atoms with E-state index in [1.165, 1.54) is 15.6 Å². The second-order valence-electron chi connectivity index (χ2n) is 8.11. The van der Waals surface area contributed by atoms with Gasteiger partial charge in [0.05, 0.1) is 18.0 Å². The number of benzene rings is 3. The van der Waals surface area contributed by atoms with Gasteiger partial charge in [0.25, 0.3) is 5.91 Å². The minimum atomic E-state index is -3.78. The van der Waals surface area contributed by atoms with Crippen molar-refractivity contribution in [2.75, 3.05) is 16.2 Å². The molecule has 1 atom stereocenters. The molecule has 1 aliphatic heterocycles. The van der Waals surface area contributed by atoms with E-state index in [1.54, 1.807) is 48.5 Å². The van der Waals surface area contributed by atoms with Gasteiger partial charge in [-0.25, -0.2) is 8.42 Å². The molecular formula is C25H22N4O4S2. The highest BCUT2D eigenvalue weighted by Gasteiger charge is 2.37. The van der Waals surface area contributed by atoms with Gasteiger partial charge < -0.3 is 4.74 Å². The molecule has 0 aliphatic carbocycles. The number of fused-ring (bicyclic) bond motifs is 1. The van der Waals surface area contributed by atoms with Crippen LogP contribution in [-0.4, -0.2) is 37.2 Å². The predicted molar refractivity (Wildman–Crippen MR) is 136 cm³/mol. The van der Waals surface area contributed by atoms with Crippen molar-refractivity contribution in [3.8, 4) is 16.3 Å². The van der Waals surface area contributed by atoms with E-state index in [0.29, 0.717) is 27.1 Å². The van der Waals surface area contributed by atoms with Gasteiger partial charge in [0.1, 0.15) is 10.8 Å². The van der Waals surface area contributed by atoms with Crippen molar-refractivity contribution >= 4 is 38.1 Å². The third-order valence-electron chi connectivity index (χ3n) is 5.51. The monoisotopic (exact) mass is 506 g/mol. The summed E-state index contributed by atoms with van der Waals surface area (Å²) in [6.45, 7) is 1.85. The number of nitrogens with zero attached hydrogens (tertiary/aromatic N) is 3. The molecule has 0 bridgehead atoms. The highest BCUT2D eigenvalue weighted by atomic mass is 32.2. The van der Waals surface area contributed by atoms with Crippen LogP contribution in [0.15, 0.2) is 78.9 Å². The summed E-state index contributed by atoms with van der Waals surface area (Å²) in [7, 11) is -3.78. The number of rotatable bonds is 6. The molecule has 0 saturated heterocycles. The van der Waals surface area contributed by atoms with Crippen molar-refractivity contribution < 1.29 is 17.9 Å². The molecule has 178 valence electrons. The number of carbonyl (C=O) groups is 1. The van der Waals surface area contributed by atoms with Crippen molar-refractivity contribution in [2.45, 2.75) is 18.8 Å². The minimum Gasteiger partial charge on any atom is -0.476 e. The summed E-state index contributed by atoms with van der Waals surface area (Å²) in [5, 5.41) is 11.9. The van der Waals surface area contributed by atoms with Crippen LogP contribution in [0, 0.1) is 6.92 Å². The standard InChI is InChI=1S/C25H22N4O4S2/c1-17-11-13-19(14-12-17)24-27-28-25(34-24)26-23(30)22-15-29(20-9-5-6-10-21(20)33-22)35(31,32)16-18-7-3-2-4-8-18/h2-14,22H,15-16H2,1H3,(H,26,28,30)/t22-/m0/s1. The first-order valence-corrected chi connectivity index (χ1v) is 13.3. The number of sulfonamides is 1. The van der Waals surface area contributed by atoms with Crippen LogP contribution >= 0.6 is 11.3 Å². The molecule has 4 aromatic rings. The number of amides is 1. The zero-order valence-electron chi connectivity index (χ0n) is 18.8. The Bertz CT molecular complexity index is 1450. The fourth-order valence-electron chi connectivity index (χ4n) is 3.74. The highest BCUT2D eigenvalue weighted by Crippen LogP contribution is 2.36. The summed E-state index contributed by atoms with van der Waals surface area (Å²) in [4.78, 5) is 13.1. The van der Waals surface area contributed by atoms with E-state index >= 15 is 0 Å². The lowest BCUT2D eigenvalue weighted by Gasteiger charge is -2.34. The van der Waals surface area contributed by atoms with Gasteiger partial charge in [-0.15, -0.1) is 10.2 Å². The quantitative estimate of drug-likeness (QED) is 0.420. The molecule has 8 nitrogen and oxygen atoms in total. The fourth-order valence-corrected chi connectivity index (χ4v) is 6.07. The molecule has 0 saturated carbocycles. The summed E-state index contributed by atoms with van der Waals surface area (Å²) in [6, 6.07) is 23.6. The Balaban J connectivity index is 1.36. The second kappa shape index (κ2) is 9.47. The number of aromatic nitrogens is 2. The summed E-state index contributed by atoms with van der Waals surface area (Å²) in [5.74, 6) is -0.355. The zero-order valence-corrected chi connectivity index (χ0v) is 20.4. The van der Waals surface area contributed by atoms with E-state index in [1.807, 2.05) is 37.3 Å². The molecule has 35 heavy (non-hydrogen) atoms. The van der Waals surface area contributed by atoms with Gasteiger partial charge in [0.2, 0.25) is 15.2 Å². The maximum absolute atomic E-state index is 13.3. The van der Waals surface area contributed by atoms with Crippen LogP contribution in [0.3, 0.4) is 0 Å². The van der Waals surface area contributed by atoms with Gasteiger partial charge >= 0.3 is 0 Å². The molecule has 1 N–H and O–H groups in total. The molecule has 0 fully saturated rings. The molecule has 5 rings (SSSR count). The Morgan fingerprint density at radius 1 is 1.03 bits per heavy atom. The highest BCUT2D eigenvalue weighted by molar-refractivity contribution is 7.92. The van der Waals surface area contributed by atoms with Crippen molar-refractivity contribution in [3.63, 3.8) is 0 Å². The Labute approximate surface area is 207 Å². The number of aryl methyl sites for hydroxylation is 1. The van der Waals surface area contributed by atoms with E-state index in [0.717, 1.165) is 11.1 Å². The van der Waals surface area contributed by atoms with Crippen LogP contribution in [0.5, 0.6) is 5.75 Å². The largest absolute Gasteiger partial charge is 0.476 e. The van der Waals surface area contributed by atoms with Crippen molar-refractivity contribution in [1.29, 1.82) is 0 Å². The zero-order chi connectivity index (χ0) is 24.4. The Morgan fingerprint density at radius 3 is 2.51 bits per heavy atom. The molecule has 3 aromatic carbocycles. The number of hydrogen-bond acceptors (Lipinski definition) is 7. The molecule has 0 unspecified atom stereocenters. The van der Waals surface area contributed by atoms with Gasteiger partial charge in [-0.2, -0.15) is 0 Å². The molecule has 1 aromatic heterocycles. The average molecular weight is 507 g/mol. The first-order valence-electron chi connectivity index (χ1n) is 10.9.